The Labute approximate surface area is 167 Å². The third kappa shape index (κ3) is 3.68. The molecule has 1 atom stereocenters. The molecule has 0 radical (unpaired) electrons. The molecule has 0 bridgehead atoms. The van der Waals surface area contributed by atoms with E-state index in [9.17, 15) is 23.3 Å². The maximum Gasteiger partial charge on any atom is 0.270 e. The van der Waals surface area contributed by atoms with E-state index in [1.54, 1.807) is 4.90 Å². The van der Waals surface area contributed by atoms with E-state index in [2.05, 4.69) is 0 Å². The Morgan fingerprint density at radius 3 is 2.48 bits per heavy atom. The Morgan fingerprint density at radius 1 is 1.07 bits per heavy atom. The number of carbonyl (C=O) groups is 1. The molecule has 0 saturated carbocycles. The molecule has 4 rings (SSSR count). The number of fused-ring (bicyclic) bond motifs is 1. The molecule has 2 aromatic rings. The minimum atomic E-state index is -3.87. The van der Waals surface area contributed by atoms with E-state index in [0.717, 1.165) is 11.6 Å². The van der Waals surface area contributed by atoms with Gasteiger partial charge in [0.2, 0.25) is 10.0 Å². The monoisotopic (exact) mass is 417 g/mol. The van der Waals surface area contributed by atoms with Crippen molar-refractivity contribution >= 4 is 21.6 Å². The van der Waals surface area contributed by atoms with E-state index in [4.69, 9.17) is 4.74 Å². The zero-order valence-corrected chi connectivity index (χ0v) is 16.2. The number of nitro groups is 1. The largest absolute Gasteiger partial charge is 0.480 e. The highest BCUT2D eigenvalue weighted by molar-refractivity contribution is 7.89. The van der Waals surface area contributed by atoms with Gasteiger partial charge in [-0.15, -0.1) is 0 Å². The molecule has 1 fully saturated rings. The predicted octanol–water partition coefficient (Wildman–Crippen LogP) is 1.43. The van der Waals surface area contributed by atoms with Crippen molar-refractivity contribution in [3.05, 3.63) is 64.2 Å². The SMILES string of the molecule is O=C([C@H]1Cc2ccccc2O1)N1CCN(S(=O)(=O)c2cccc([N+](=O)[O-])c2)CC1. The lowest BCUT2D eigenvalue weighted by Crippen LogP contribution is -2.53. The minimum absolute atomic E-state index is 0.121. The summed E-state index contributed by atoms with van der Waals surface area (Å²) in [6, 6.07) is 12.5. The van der Waals surface area contributed by atoms with Crippen LogP contribution in [0.1, 0.15) is 5.56 Å². The van der Waals surface area contributed by atoms with Crippen LogP contribution in [0.25, 0.3) is 0 Å². The molecule has 2 aliphatic rings. The Hall–Kier alpha value is -2.98. The number of hydrogen-bond donors (Lipinski definition) is 0. The molecule has 152 valence electrons. The second-order valence-corrected chi connectivity index (χ2v) is 8.84. The maximum atomic E-state index is 12.8. The Bertz CT molecular complexity index is 1040. The van der Waals surface area contributed by atoms with Gasteiger partial charge in [0.05, 0.1) is 9.82 Å². The van der Waals surface area contributed by atoms with Crippen molar-refractivity contribution in [2.75, 3.05) is 26.2 Å². The van der Waals surface area contributed by atoms with Gasteiger partial charge in [-0.05, 0) is 17.7 Å². The van der Waals surface area contributed by atoms with Crippen LogP contribution < -0.4 is 4.74 Å². The first-order valence-corrected chi connectivity index (χ1v) is 10.6. The molecule has 0 spiro atoms. The van der Waals surface area contributed by atoms with E-state index >= 15 is 0 Å². The average Bonchev–Trinajstić information content (AvgIpc) is 3.17. The molecule has 9 nitrogen and oxygen atoms in total. The fraction of sp³-hybridized carbons (Fsp3) is 0.316. The molecule has 29 heavy (non-hydrogen) atoms. The fourth-order valence-electron chi connectivity index (χ4n) is 3.58. The van der Waals surface area contributed by atoms with Gasteiger partial charge in [-0.1, -0.05) is 24.3 Å². The van der Waals surface area contributed by atoms with Crippen LogP contribution in [-0.4, -0.2) is 60.7 Å². The number of benzene rings is 2. The summed E-state index contributed by atoms with van der Waals surface area (Å²) < 4.78 is 32.6. The second-order valence-electron chi connectivity index (χ2n) is 6.90. The summed E-state index contributed by atoms with van der Waals surface area (Å²) >= 11 is 0. The van der Waals surface area contributed by atoms with Gasteiger partial charge >= 0.3 is 0 Å². The first kappa shape index (κ1) is 19.3. The van der Waals surface area contributed by atoms with Crippen LogP contribution in [0.15, 0.2) is 53.4 Å². The van der Waals surface area contributed by atoms with E-state index in [1.807, 2.05) is 24.3 Å². The number of rotatable bonds is 4. The van der Waals surface area contributed by atoms with Crippen molar-refractivity contribution in [1.29, 1.82) is 0 Å². The van der Waals surface area contributed by atoms with Crippen LogP contribution in [-0.2, 0) is 21.2 Å². The highest BCUT2D eigenvalue weighted by Gasteiger charge is 2.36. The number of nitrogens with zero attached hydrogens (tertiary/aromatic N) is 3. The van der Waals surface area contributed by atoms with Crippen LogP contribution >= 0.6 is 0 Å². The van der Waals surface area contributed by atoms with Gasteiger partial charge in [0.25, 0.3) is 11.6 Å². The molecule has 2 aliphatic heterocycles. The number of nitro benzene ring substituents is 1. The molecular weight excluding hydrogens is 398 g/mol. The van der Waals surface area contributed by atoms with Crippen LogP contribution in [0.5, 0.6) is 5.75 Å². The molecule has 0 aliphatic carbocycles. The van der Waals surface area contributed by atoms with Crippen molar-refractivity contribution < 1.29 is 22.9 Å². The Morgan fingerprint density at radius 2 is 1.79 bits per heavy atom. The quantitative estimate of drug-likeness (QED) is 0.550. The van der Waals surface area contributed by atoms with E-state index in [1.165, 1.54) is 22.5 Å². The second kappa shape index (κ2) is 7.45. The lowest BCUT2D eigenvalue weighted by molar-refractivity contribution is -0.385. The van der Waals surface area contributed by atoms with Gasteiger partial charge < -0.3 is 9.64 Å². The predicted molar refractivity (Wildman–Crippen MR) is 103 cm³/mol. The first-order chi connectivity index (χ1) is 13.9. The van der Waals surface area contributed by atoms with E-state index in [0.29, 0.717) is 12.2 Å². The van der Waals surface area contributed by atoms with Gasteiger partial charge in [-0.2, -0.15) is 4.31 Å². The number of para-hydroxylation sites is 1. The van der Waals surface area contributed by atoms with Crippen molar-refractivity contribution in [2.24, 2.45) is 0 Å². The molecule has 0 N–H and O–H groups in total. The summed E-state index contributed by atoms with van der Waals surface area (Å²) in [6.07, 6.45) is -0.0892. The summed E-state index contributed by atoms with van der Waals surface area (Å²) in [5, 5.41) is 10.9. The van der Waals surface area contributed by atoms with Gasteiger partial charge in [0.1, 0.15) is 5.75 Å². The summed E-state index contributed by atoms with van der Waals surface area (Å²) in [5.74, 6) is 0.548. The van der Waals surface area contributed by atoms with Crippen LogP contribution in [0.2, 0.25) is 0 Å². The normalized spacial score (nSPS) is 19.4. The van der Waals surface area contributed by atoms with E-state index < -0.39 is 21.1 Å². The molecule has 0 unspecified atom stereocenters. The van der Waals surface area contributed by atoms with Crippen LogP contribution in [0.4, 0.5) is 5.69 Å². The average molecular weight is 417 g/mol. The number of piperazine rings is 1. The fourth-order valence-corrected chi connectivity index (χ4v) is 5.04. The topological polar surface area (TPSA) is 110 Å². The maximum absolute atomic E-state index is 12.8. The Kier molecular flexibility index (Phi) is 4.97. The van der Waals surface area contributed by atoms with Crippen molar-refractivity contribution in [1.82, 2.24) is 9.21 Å². The lowest BCUT2D eigenvalue weighted by Gasteiger charge is -2.35. The van der Waals surface area contributed by atoms with Crippen molar-refractivity contribution in [2.45, 2.75) is 17.4 Å². The molecule has 2 heterocycles. The summed E-state index contributed by atoms with van der Waals surface area (Å²) in [4.78, 5) is 24.5. The smallest absolute Gasteiger partial charge is 0.270 e. The molecule has 0 aromatic heterocycles. The Balaban J connectivity index is 1.41. The van der Waals surface area contributed by atoms with Gasteiger partial charge in [-0.3, -0.25) is 14.9 Å². The zero-order valence-electron chi connectivity index (χ0n) is 15.4. The van der Waals surface area contributed by atoms with Crippen LogP contribution in [0.3, 0.4) is 0 Å². The van der Waals surface area contributed by atoms with E-state index in [-0.39, 0.29) is 42.7 Å². The molecule has 10 heteroatoms. The number of hydrogen-bond acceptors (Lipinski definition) is 6. The number of carbonyl (C=O) groups excluding carboxylic acids is 1. The third-order valence-electron chi connectivity index (χ3n) is 5.14. The summed E-state index contributed by atoms with van der Waals surface area (Å²) in [5.41, 5.74) is 0.704. The summed E-state index contributed by atoms with van der Waals surface area (Å²) in [7, 11) is -3.87. The van der Waals surface area contributed by atoms with Crippen molar-refractivity contribution in [3.8, 4) is 5.75 Å². The molecule has 1 amide bonds. The molecular formula is C19H19N3O6S. The number of ether oxygens (including phenoxy) is 1. The minimum Gasteiger partial charge on any atom is -0.480 e. The summed E-state index contributed by atoms with van der Waals surface area (Å²) in [6.45, 7) is 0.721. The van der Waals surface area contributed by atoms with Gasteiger partial charge in [-0.25, -0.2) is 8.42 Å². The number of non-ortho nitro benzene ring substituents is 1. The highest BCUT2D eigenvalue weighted by Crippen LogP contribution is 2.29. The van der Waals surface area contributed by atoms with Crippen LogP contribution in [0, 0.1) is 10.1 Å². The number of amides is 1. The third-order valence-corrected chi connectivity index (χ3v) is 7.03. The van der Waals surface area contributed by atoms with Crippen molar-refractivity contribution in [3.63, 3.8) is 0 Å². The molecule has 1 saturated heterocycles. The van der Waals surface area contributed by atoms with Gasteiger partial charge in [0.15, 0.2) is 6.10 Å². The standard InChI is InChI=1S/C19H19N3O6S/c23-19(18-12-14-4-1-2-7-17(14)28-18)20-8-10-21(11-9-20)29(26,27)16-6-3-5-15(13-16)22(24)25/h1-7,13,18H,8-12H2/t18-/m1/s1. The highest BCUT2D eigenvalue weighted by atomic mass is 32.2. The lowest BCUT2D eigenvalue weighted by atomic mass is 10.1. The first-order valence-electron chi connectivity index (χ1n) is 9.14. The zero-order chi connectivity index (χ0) is 20.6. The number of sulfonamides is 1. The van der Waals surface area contributed by atoms with Gasteiger partial charge in [0, 0.05) is 44.7 Å². The molecule has 2 aromatic carbocycles.